The van der Waals surface area contributed by atoms with E-state index in [1.807, 2.05) is 43.3 Å². The molecule has 0 saturated carbocycles. The van der Waals surface area contributed by atoms with Crippen LogP contribution >= 0.6 is 0 Å². The molecule has 0 aromatic heterocycles. The Morgan fingerprint density at radius 1 is 1.00 bits per heavy atom. The van der Waals surface area contributed by atoms with E-state index < -0.39 is 16.1 Å². The summed E-state index contributed by atoms with van der Waals surface area (Å²) in [5.41, 5.74) is 4.05. The molecule has 2 N–H and O–H groups in total. The number of hydrogen-bond donors (Lipinski definition) is 2. The van der Waals surface area contributed by atoms with Crippen LogP contribution in [0, 0.1) is 0 Å². The second-order valence-electron chi connectivity index (χ2n) is 6.71. The molecule has 0 bridgehead atoms. The van der Waals surface area contributed by atoms with Crippen LogP contribution < -0.4 is 10.2 Å². The summed E-state index contributed by atoms with van der Waals surface area (Å²) in [5.74, 6) is -0.456. The molecule has 7 heteroatoms. The lowest BCUT2D eigenvalue weighted by Crippen LogP contribution is -2.39. The number of carbonyl (C=O) groups is 1. The normalized spacial score (nSPS) is 12.5. The van der Waals surface area contributed by atoms with Gasteiger partial charge in [-0.1, -0.05) is 80.4 Å². The van der Waals surface area contributed by atoms with E-state index in [2.05, 4.69) is 10.2 Å². The van der Waals surface area contributed by atoms with Crippen LogP contribution in [-0.4, -0.2) is 20.4 Å². The van der Waals surface area contributed by atoms with Crippen molar-refractivity contribution in [2.75, 3.05) is 0 Å². The Hall–Kier alpha value is -2.22. The minimum Gasteiger partial charge on any atom is -0.273 e. The van der Waals surface area contributed by atoms with Gasteiger partial charge in [0.1, 0.15) is 0 Å². The molecular formula is C21H28N2O4S. The Labute approximate surface area is 167 Å². The predicted octanol–water partition coefficient (Wildman–Crippen LogP) is 3.30. The van der Waals surface area contributed by atoms with Crippen molar-refractivity contribution in [1.29, 1.82) is 0 Å². The van der Waals surface area contributed by atoms with Gasteiger partial charge >= 0.3 is 0 Å². The van der Waals surface area contributed by atoms with Gasteiger partial charge in [-0.2, -0.15) is 0 Å². The average molecular weight is 405 g/mol. The number of benzene rings is 2. The van der Waals surface area contributed by atoms with Gasteiger partial charge in [0.2, 0.25) is 15.9 Å². The third kappa shape index (κ3) is 8.65. The first-order valence-corrected chi connectivity index (χ1v) is 11.1. The molecular weight excluding hydrogens is 376 g/mol. The maximum Gasteiger partial charge on any atom is 0.245 e. The number of rotatable bonds is 12. The van der Waals surface area contributed by atoms with Crippen LogP contribution in [-0.2, 0) is 32.0 Å². The van der Waals surface area contributed by atoms with E-state index in [0.29, 0.717) is 12.0 Å². The number of sulfonamides is 1. The molecule has 28 heavy (non-hydrogen) atoms. The lowest BCUT2D eigenvalue weighted by molar-refractivity contribution is -0.135. The first-order chi connectivity index (χ1) is 13.5. The maximum atomic E-state index is 12.5. The van der Waals surface area contributed by atoms with Gasteiger partial charge in [0.05, 0.1) is 12.4 Å². The van der Waals surface area contributed by atoms with Crippen molar-refractivity contribution in [1.82, 2.24) is 10.2 Å². The molecule has 1 atom stereocenters. The predicted molar refractivity (Wildman–Crippen MR) is 110 cm³/mol. The van der Waals surface area contributed by atoms with Crippen molar-refractivity contribution < 1.29 is 18.0 Å². The fourth-order valence-electron chi connectivity index (χ4n) is 2.78. The zero-order chi connectivity index (χ0) is 20.2. The third-order valence-electron chi connectivity index (χ3n) is 4.15. The first kappa shape index (κ1) is 22.1. The van der Waals surface area contributed by atoms with Crippen LogP contribution in [0.1, 0.15) is 43.7 Å². The molecule has 2 aromatic carbocycles. The summed E-state index contributed by atoms with van der Waals surface area (Å²) in [6, 6.07) is 18.0. The van der Waals surface area contributed by atoms with Gasteiger partial charge in [0.15, 0.2) is 0 Å². The molecule has 0 aliphatic heterocycles. The third-order valence-corrected chi connectivity index (χ3v) is 5.56. The zero-order valence-corrected chi connectivity index (χ0v) is 17.0. The van der Waals surface area contributed by atoms with Crippen LogP contribution in [0.15, 0.2) is 60.7 Å². The van der Waals surface area contributed by atoms with Crippen molar-refractivity contribution in [3.05, 3.63) is 71.8 Å². The van der Waals surface area contributed by atoms with Crippen molar-refractivity contribution in [2.24, 2.45) is 0 Å². The van der Waals surface area contributed by atoms with E-state index in [-0.39, 0.29) is 24.7 Å². The molecule has 0 saturated heterocycles. The minimum absolute atomic E-state index is 0.0306. The molecule has 1 amide bonds. The molecule has 152 valence electrons. The van der Waals surface area contributed by atoms with E-state index in [1.54, 1.807) is 24.3 Å². The van der Waals surface area contributed by atoms with Crippen molar-refractivity contribution in [3.8, 4) is 0 Å². The summed E-state index contributed by atoms with van der Waals surface area (Å²) in [7, 11) is -3.54. The van der Waals surface area contributed by atoms with Gasteiger partial charge < -0.3 is 0 Å². The molecule has 0 aliphatic rings. The van der Waals surface area contributed by atoms with Crippen molar-refractivity contribution in [3.63, 3.8) is 0 Å². The van der Waals surface area contributed by atoms with Crippen LogP contribution in [0.5, 0.6) is 0 Å². The second kappa shape index (κ2) is 11.6. The van der Waals surface area contributed by atoms with E-state index in [4.69, 9.17) is 4.84 Å². The molecule has 0 spiro atoms. The Balaban J connectivity index is 1.86. The van der Waals surface area contributed by atoms with Gasteiger partial charge in [0, 0.05) is 12.5 Å². The molecule has 2 rings (SSSR count). The summed E-state index contributed by atoms with van der Waals surface area (Å²) < 4.78 is 27.6. The van der Waals surface area contributed by atoms with Crippen LogP contribution in [0.25, 0.3) is 0 Å². The average Bonchev–Trinajstić information content (AvgIpc) is 2.67. The van der Waals surface area contributed by atoms with Crippen LogP contribution in [0.3, 0.4) is 0 Å². The SMILES string of the molecule is CCCC[C@@H](CC(=O)NOCc1ccccc1)NS(=O)(=O)Cc1ccccc1. The van der Waals surface area contributed by atoms with Gasteiger partial charge in [-0.3, -0.25) is 9.63 Å². The molecule has 0 radical (unpaired) electrons. The largest absolute Gasteiger partial charge is 0.273 e. The van der Waals surface area contributed by atoms with Gasteiger partial charge in [-0.05, 0) is 17.5 Å². The first-order valence-electron chi connectivity index (χ1n) is 9.47. The lowest BCUT2D eigenvalue weighted by atomic mass is 10.1. The topological polar surface area (TPSA) is 84.5 Å². The Morgan fingerprint density at radius 3 is 2.21 bits per heavy atom. The summed E-state index contributed by atoms with van der Waals surface area (Å²) in [5, 5.41) is 0. The van der Waals surface area contributed by atoms with Crippen molar-refractivity contribution in [2.45, 2.75) is 51.0 Å². The molecule has 0 heterocycles. The maximum absolute atomic E-state index is 12.5. The summed E-state index contributed by atoms with van der Waals surface area (Å²) in [6.45, 7) is 2.28. The lowest BCUT2D eigenvalue weighted by Gasteiger charge is -2.18. The molecule has 0 fully saturated rings. The van der Waals surface area contributed by atoms with Crippen LogP contribution in [0.2, 0.25) is 0 Å². The smallest absolute Gasteiger partial charge is 0.245 e. The highest BCUT2D eigenvalue weighted by atomic mass is 32.2. The molecule has 0 aliphatic carbocycles. The minimum atomic E-state index is -3.54. The number of nitrogens with one attached hydrogen (secondary N) is 2. The zero-order valence-electron chi connectivity index (χ0n) is 16.1. The Bertz CT molecular complexity index is 811. The number of hydroxylamine groups is 1. The van der Waals surface area contributed by atoms with Gasteiger partial charge in [0.25, 0.3) is 0 Å². The van der Waals surface area contributed by atoms with E-state index in [0.717, 1.165) is 18.4 Å². The molecule has 6 nitrogen and oxygen atoms in total. The fourth-order valence-corrected chi connectivity index (χ4v) is 4.21. The van der Waals surface area contributed by atoms with E-state index in [1.165, 1.54) is 0 Å². The summed E-state index contributed by atoms with van der Waals surface area (Å²) in [4.78, 5) is 17.4. The number of hydrogen-bond acceptors (Lipinski definition) is 4. The molecule has 0 unspecified atom stereocenters. The number of carbonyl (C=O) groups excluding carboxylic acids is 1. The Morgan fingerprint density at radius 2 is 1.61 bits per heavy atom. The fraction of sp³-hybridized carbons (Fsp3) is 0.381. The highest BCUT2D eigenvalue weighted by Crippen LogP contribution is 2.10. The standard InChI is InChI=1S/C21H28N2O4S/c1-2-3-14-20(23-28(25,26)17-19-12-8-5-9-13-19)15-21(24)22-27-16-18-10-6-4-7-11-18/h4-13,20,23H,2-3,14-17H2,1H3,(H,22,24)/t20-/m0/s1. The Kier molecular flexibility index (Phi) is 9.13. The van der Waals surface area contributed by atoms with E-state index in [9.17, 15) is 13.2 Å². The van der Waals surface area contributed by atoms with Gasteiger partial charge in [-0.25, -0.2) is 18.6 Å². The highest BCUT2D eigenvalue weighted by molar-refractivity contribution is 7.88. The second-order valence-corrected chi connectivity index (χ2v) is 8.46. The number of amides is 1. The highest BCUT2D eigenvalue weighted by Gasteiger charge is 2.21. The quantitative estimate of drug-likeness (QED) is 0.532. The summed E-state index contributed by atoms with van der Waals surface area (Å²) >= 11 is 0. The summed E-state index contributed by atoms with van der Waals surface area (Å²) in [6.07, 6.45) is 2.37. The number of unbranched alkanes of at least 4 members (excludes halogenated alkanes) is 1. The van der Waals surface area contributed by atoms with Crippen molar-refractivity contribution >= 4 is 15.9 Å². The van der Waals surface area contributed by atoms with Gasteiger partial charge in [-0.15, -0.1) is 0 Å². The van der Waals surface area contributed by atoms with E-state index >= 15 is 0 Å². The monoisotopic (exact) mass is 404 g/mol. The van der Waals surface area contributed by atoms with Crippen LogP contribution in [0.4, 0.5) is 0 Å². The molecule has 2 aromatic rings.